The van der Waals surface area contributed by atoms with E-state index in [1.54, 1.807) is 18.3 Å². The molecule has 0 bridgehead atoms. The molecule has 150 valence electrons. The van der Waals surface area contributed by atoms with Crippen LogP contribution in [-0.4, -0.2) is 41.1 Å². The van der Waals surface area contributed by atoms with Gasteiger partial charge in [-0.3, -0.25) is 0 Å². The van der Waals surface area contributed by atoms with Crippen molar-refractivity contribution in [3.8, 4) is 0 Å². The summed E-state index contributed by atoms with van der Waals surface area (Å²) in [4.78, 5) is 17.6. The molecule has 3 heterocycles. The predicted molar refractivity (Wildman–Crippen MR) is 119 cm³/mol. The summed E-state index contributed by atoms with van der Waals surface area (Å²) in [6.07, 6.45) is 3.11. The van der Waals surface area contributed by atoms with Gasteiger partial charge in [0.25, 0.3) is 0 Å². The zero-order valence-corrected chi connectivity index (χ0v) is 17.3. The van der Waals surface area contributed by atoms with Crippen molar-refractivity contribution < 1.29 is 0 Å². The second-order valence-corrected chi connectivity index (χ2v) is 7.58. The predicted octanol–water partition coefficient (Wildman–Crippen LogP) is 3.79. The van der Waals surface area contributed by atoms with E-state index in [-0.39, 0.29) is 0 Å². The Morgan fingerprint density at radius 1 is 0.966 bits per heavy atom. The summed E-state index contributed by atoms with van der Waals surface area (Å²) in [5.41, 5.74) is 10.9. The van der Waals surface area contributed by atoms with Gasteiger partial charge in [-0.1, -0.05) is 23.7 Å². The van der Waals surface area contributed by atoms with Crippen LogP contribution in [-0.2, 0) is 0 Å². The van der Waals surface area contributed by atoms with Crippen LogP contribution in [0.25, 0.3) is 0 Å². The van der Waals surface area contributed by atoms with Crippen LogP contribution in [0.5, 0.6) is 0 Å². The van der Waals surface area contributed by atoms with E-state index in [9.17, 15) is 0 Å². The van der Waals surface area contributed by atoms with Gasteiger partial charge >= 0.3 is 0 Å². The van der Waals surface area contributed by atoms with E-state index < -0.39 is 0 Å². The second-order valence-electron chi connectivity index (χ2n) is 7.14. The van der Waals surface area contributed by atoms with Crippen LogP contribution in [0.4, 0.5) is 28.8 Å². The van der Waals surface area contributed by atoms with Crippen molar-refractivity contribution in [1.82, 2.24) is 15.0 Å². The van der Waals surface area contributed by atoms with Gasteiger partial charge in [-0.15, -0.1) is 0 Å². The van der Waals surface area contributed by atoms with E-state index in [0.717, 1.165) is 32.0 Å². The first-order valence-corrected chi connectivity index (χ1v) is 9.96. The van der Waals surface area contributed by atoms with Crippen molar-refractivity contribution in [1.29, 1.82) is 0 Å². The molecule has 1 aliphatic rings. The molecule has 3 aromatic rings. The highest BCUT2D eigenvalue weighted by molar-refractivity contribution is 6.30. The molecule has 8 heteroatoms. The maximum atomic E-state index is 6.39. The molecule has 1 aromatic carbocycles. The van der Waals surface area contributed by atoms with Gasteiger partial charge in [0, 0.05) is 38.1 Å². The van der Waals surface area contributed by atoms with Crippen molar-refractivity contribution in [2.45, 2.75) is 13.8 Å². The Morgan fingerprint density at radius 2 is 1.72 bits per heavy atom. The van der Waals surface area contributed by atoms with Crippen LogP contribution < -0.4 is 20.9 Å². The fourth-order valence-electron chi connectivity index (χ4n) is 3.55. The van der Waals surface area contributed by atoms with Crippen LogP contribution >= 0.6 is 11.6 Å². The highest BCUT2D eigenvalue weighted by Gasteiger charge is 2.22. The standard InChI is InChI=1S/C21H24ClN7/c1-14-4-3-5-17(15(14)2)28-8-10-29(11-9-28)21-19(23)20(25-13-26-21)27-18-7-6-16(22)12-24-18/h3-7,12-13H,8-11,23H2,1-2H3,(H,24,25,26,27). The number of hydrogen-bond donors (Lipinski definition) is 2. The van der Waals surface area contributed by atoms with Crippen molar-refractivity contribution in [3.05, 3.63) is 59.0 Å². The zero-order chi connectivity index (χ0) is 20.4. The number of aromatic nitrogens is 3. The third-order valence-corrected chi connectivity index (χ3v) is 5.56. The molecule has 0 spiro atoms. The maximum Gasteiger partial charge on any atom is 0.160 e. The van der Waals surface area contributed by atoms with Gasteiger partial charge in [0.2, 0.25) is 0 Å². The maximum absolute atomic E-state index is 6.39. The topological polar surface area (TPSA) is 83.2 Å². The fourth-order valence-corrected chi connectivity index (χ4v) is 3.66. The Morgan fingerprint density at radius 3 is 2.45 bits per heavy atom. The normalized spacial score (nSPS) is 14.2. The zero-order valence-electron chi connectivity index (χ0n) is 16.6. The molecule has 29 heavy (non-hydrogen) atoms. The SMILES string of the molecule is Cc1cccc(N2CCN(c3ncnc(Nc4ccc(Cl)cn4)c3N)CC2)c1C. The molecule has 0 unspecified atom stereocenters. The van der Waals surface area contributed by atoms with Gasteiger partial charge in [0.15, 0.2) is 11.6 Å². The highest BCUT2D eigenvalue weighted by atomic mass is 35.5. The largest absolute Gasteiger partial charge is 0.393 e. The Hall–Kier alpha value is -3.06. The second kappa shape index (κ2) is 8.13. The third-order valence-electron chi connectivity index (χ3n) is 5.33. The summed E-state index contributed by atoms with van der Waals surface area (Å²) in [6, 6.07) is 10.0. The van der Waals surface area contributed by atoms with E-state index in [1.165, 1.54) is 23.1 Å². The van der Waals surface area contributed by atoms with E-state index in [0.29, 0.717) is 22.3 Å². The van der Waals surface area contributed by atoms with Gasteiger partial charge in [-0.25, -0.2) is 15.0 Å². The van der Waals surface area contributed by atoms with E-state index in [2.05, 4.69) is 62.1 Å². The minimum Gasteiger partial charge on any atom is -0.393 e. The number of nitrogens with one attached hydrogen (secondary N) is 1. The number of rotatable bonds is 4. The number of nitrogen functional groups attached to an aromatic ring is 1. The van der Waals surface area contributed by atoms with E-state index >= 15 is 0 Å². The summed E-state index contributed by atoms with van der Waals surface area (Å²) in [6.45, 7) is 7.84. The van der Waals surface area contributed by atoms with Gasteiger partial charge < -0.3 is 20.9 Å². The average Bonchev–Trinajstić information content (AvgIpc) is 2.73. The van der Waals surface area contributed by atoms with Gasteiger partial charge in [-0.2, -0.15) is 0 Å². The van der Waals surface area contributed by atoms with Gasteiger partial charge in [0.1, 0.15) is 17.8 Å². The molecular weight excluding hydrogens is 386 g/mol. The van der Waals surface area contributed by atoms with Crippen LogP contribution in [0.15, 0.2) is 42.9 Å². The molecule has 1 aliphatic heterocycles. The van der Waals surface area contributed by atoms with Gasteiger partial charge in [-0.05, 0) is 43.2 Å². The number of hydrogen-bond acceptors (Lipinski definition) is 7. The summed E-state index contributed by atoms with van der Waals surface area (Å²) in [5.74, 6) is 1.92. The van der Waals surface area contributed by atoms with Gasteiger partial charge in [0.05, 0.1) is 5.02 Å². The third kappa shape index (κ3) is 4.05. The number of nitrogens with zero attached hydrogens (tertiary/aromatic N) is 5. The Labute approximate surface area is 175 Å². The first kappa shape index (κ1) is 19.3. The number of piperazine rings is 1. The van der Waals surface area contributed by atoms with Crippen molar-refractivity contribution >= 4 is 40.4 Å². The molecule has 0 atom stereocenters. The molecule has 2 aromatic heterocycles. The lowest BCUT2D eigenvalue weighted by Gasteiger charge is -2.38. The lowest BCUT2D eigenvalue weighted by atomic mass is 10.1. The first-order valence-electron chi connectivity index (χ1n) is 9.58. The molecule has 1 saturated heterocycles. The molecule has 7 nitrogen and oxygen atoms in total. The monoisotopic (exact) mass is 409 g/mol. The minimum absolute atomic E-state index is 0.518. The number of benzene rings is 1. The van der Waals surface area contributed by atoms with E-state index in [4.69, 9.17) is 17.3 Å². The number of aryl methyl sites for hydroxylation is 1. The first-order chi connectivity index (χ1) is 14.0. The molecule has 0 radical (unpaired) electrons. The van der Waals surface area contributed by atoms with Crippen LogP contribution in [0.2, 0.25) is 5.02 Å². The van der Waals surface area contributed by atoms with Crippen molar-refractivity contribution in [2.24, 2.45) is 0 Å². The van der Waals surface area contributed by atoms with Crippen LogP contribution in [0.1, 0.15) is 11.1 Å². The Bertz CT molecular complexity index is 998. The molecule has 0 amide bonds. The number of nitrogens with two attached hydrogens (primary N) is 1. The Kier molecular flexibility index (Phi) is 5.40. The quantitative estimate of drug-likeness (QED) is 0.678. The molecule has 0 saturated carbocycles. The minimum atomic E-state index is 0.518. The van der Waals surface area contributed by atoms with Crippen molar-refractivity contribution in [2.75, 3.05) is 47.0 Å². The van der Waals surface area contributed by atoms with Crippen LogP contribution in [0.3, 0.4) is 0 Å². The molecular formula is C21H24ClN7. The lowest BCUT2D eigenvalue weighted by molar-refractivity contribution is 0.646. The summed E-state index contributed by atoms with van der Waals surface area (Å²) in [5, 5.41) is 3.72. The fraction of sp³-hybridized carbons (Fsp3) is 0.286. The summed E-state index contributed by atoms with van der Waals surface area (Å²) >= 11 is 5.90. The highest BCUT2D eigenvalue weighted by Crippen LogP contribution is 2.30. The molecule has 0 aliphatic carbocycles. The molecule has 1 fully saturated rings. The molecule has 3 N–H and O–H groups in total. The number of pyridine rings is 1. The number of halogens is 1. The van der Waals surface area contributed by atoms with E-state index in [1.807, 2.05) is 0 Å². The van der Waals surface area contributed by atoms with Crippen LogP contribution in [0, 0.1) is 13.8 Å². The Balaban J connectivity index is 1.48. The number of anilines is 5. The molecule has 4 rings (SSSR count). The average molecular weight is 410 g/mol. The summed E-state index contributed by atoms with van der Waals surface area (Å²) < 4.78 is 0. The lowest BCUT2D eigenvalue weighted by Crippen LogP contribution is -2.47. The summed E-state index contributed by atoms with van der Waals surface area (Å²) in [7, 11) is 0. The smallest absolute Gasteiger partial charge is 0.160 e. The van der Waals surface area contributed by atoms with Crippen molar-refractivity contribution in [3.63, 3.8) is 0 Å².